The minimum Gasteiger partial charge on any atom is -0.480 e. The van der Waals surface area contributed by atoms with Crippen molar-refractivity contribution in [2.24, 2.45) is 0 Å². The Morgan fingerprint density at radius 2 is 2.20 bits per heavy atom. The molecule has 0 aliphatic heterocycles. The molecule has 0 unspecified atom stereocenters. The third-order valence-corrected chi connectivity index (χ3v) is 3.69. The average Bonchev–Trinajstić information content (AvgIpc) is 2.90. The van der Waals surface area contributed by atoms with Crippen LogP contribution >= 0.6 is 11.8 Å². The molecule has 3 N–H and O–H groups in total. The Balaban J connectivity index is 2.18. The molecule has 0 radical (unpaired) electrons. The molecule has 1 atom stereocenters. The number of benzene rings is 1. The van der Waals surface area contributed by atoms with Gasteiger partial charge in [-0.2, -0.15) is 11.8 Å². The van der Waals surface area contributed by atoms with Crippen LogP contribution in [0, 0.1) is 0 Å². The van der Waals surface area contributed by atoms with Gasteiger partial charge in [-0.1, -0.05) is 12.1 Å². The van der Waals surface area contributed by atoms with E-state index in [0.29, 0.717) is 17.7 Å². The van der Waals surface area contributed by atoms with Crippen molar-refractivity contribution in [3.05, 3.63) is 36.0 Å². The molecule has 1 heterocycles. The summed E-state index contributed by atoms with van der Waals surface area (Å²) in [6, 6.07) is 6.37. The fourth-order valence-corrected chi connectivity index (χ4v) is 2.47. The van der Waals surface area contributed by atoms with Crippen molar-refractivity contribution in [3.63, 3.8) is 0 Å². The van der Waals surface area contributed by atoms with Crippen LogP contribution in [0.2, 0.25) is 0 Å². The summed E-state index contributed by atoms with van der Waals surface area (Å²) in [5, 5.41) is 12.6. The van der Waals surface area contributed by atoms with Gasteiger partial charge in [-0.25, -0.2) is 4.79 Å². The number of nitrogens with one attached hydrogen (secondary N) is 2. The quantitative estimate of drug-likeness (QED) is 0.761. The van der Waals surface area contributed by atoms with Crippen molar-refractivity contribution in [3.8, 4) is 0 Å². The average molecular weight is 292 g/mol. The highest BCUT2D eigenvalue weighted by molar-refractivity contribution is 7.98. The largest absolute Gasteiger partial charge is 0.480 e. The van der Waals surface area contributed by atoms with Gasteiger partial charge in [0.25, 0.3) is 5.91 Å². The topological polar surface area (TPSA) is 82.2 Å². The number of para-hydroxylation sites is 1. The molecule has 0 spiro atoms. The number of amides is 1. The lowest BCUT2D eigenvalue weighted by atomic mass is 10.1. The fourth-order valence-electron chi connectivity index (χ4n) is 2.00. The van der Waals surface area contributed by atoms with Gasteiger partial charge in [-0.15, -0.1) is 0 Å². The Bertz CT molecular complexity index is 624. The summed E-state index contributed by atoms with van der Waals surface area (Å²) < 4.78 is 0. The van der Waals surface area contributed by atoms with E-state index < -0.39 is 12.0 Å². The molecule has 0 saturated heterocycles. The Morgan fingerprint density at radius 3 is 2.90 bits per heavy atom. The number of aromatic amines is 1. The molecule has 106 valence electrons. The SMILES string of the molecule is CSCC[C@@H](NC(=O)c1cccc2cc[nH]c12)C(=O)O. The number of H-pyrrole nitrogens is 1. The first kappa shape index (κ1) is 14.5. The first-order valence-corrected chi connectivity index (χ1v) is 7.61. The van der Waals surface area contributed by atoms with Crippen molar-refractivity contribution >= 4 is 34.5 Å². The summed E-state index contributed by atoms with van der Waals surface area (Å²) in [6.07, 6.45) is 4.06. The van der Waals surface area contributed by atoms with Gasteiger partial charge >= 0.3 is 5.97 Å². The number of aliphatic carboxylic acids is 1. The first-order chi connectivity index (χ1) is 9.63. The van der Waals surface area contributed by atoms with Gasteiger partial charge in [0.2, 0.25) is 0 Å². The molecule has 0 saturated carbocycles. The van der Waals surface area contributed by atoms with Gasteiger partial charge in [0.1, 0.15) is 6.04 Å². The monoisotopic (exact) mass is 292 g/mol. The fraction of sp³-hybridized carbons (Fsp3) is 0.286. The van der Waals surface area contributed by atoms with E-state index in [-0.39, 0.29) is 5.91 Å². The van der Waals surface area contributed by atoms with Crippen molar-refractivity contribution in [2.45, 2.75) is 12.5 Å². The van der Waals surface area contributed by atoms with Gasteiger partial charge in [-0.3, -0.25) is 4.79 Å². The molecule has 5 nitrogen and oxygen atoms in total. The summed E-state index contributed by atoms with van der Waals surface area (Å²) >= 11 is 1.55. The molecule has 2 aromatic rings. The zero-order valence-electron chi connectivity index (χ0n) is 11.1. The maximum atomic E-state index is 12.2. The third-order valence-electron chi connectivity index (χ3n) is 3.05. The minimum atomic E-state index is -1.01. The molecule has 6 heteroatoms. The number of carboxylic acid groups (broad SMARTS) is 1. The second kappa shape index (κ2) is 6.47. The molecule has 20 heavy (non-hydrogen) atoms. The highest BCUT2D eigenvalue weighted by atomic mass is 32.2. The molecule has 1 aromatic carbocycles. The van der Waals surface area contributed by atoms with Crippen LogP contribution in [0.1, 0.15) is 16.8 Å². The van der Waals surface area contributed by atoms with Crippen LogP contribution < -0.4 is 5.32 Å². The normalized spacial score (nSPS) is 12.2. The van der Waals surface area contributed by atoms with Gasteiger partial charge in [0.15, 0.2) is 0 Å². The van der Waals surface area contributed by atoms with E-state index in [2.05, 4.69) is 10.3 Å². The smallest absolute Gasteiger partial charge is 0.326 e. The number of hydrogen-bond donors (Lipinski definition) is 3. The predicted molar refractivity (Wildman–Crippen MR) is 80.2 cm³/mol. The number of hydrogen-bond acceptors (Lipinski definition) is 3. The zero-order chi connectivity index (χ0) is 14.5. The van der Waals surface area contributed by atoms with Crippen molar-refractivity contribution in [1.82, 2.24) is 10.3 Å². The highest BCUT2D eigenvalue weighted by Gasteiger charge is 2.21. The lowest BCUT2D eigenvalue weighted by molar-refractivity contribution is -0.139. The highest BCUT2D eigenvalue weighted by Crippen LogP contribution is 2.17. The van der Waals surface area contributed by atoms with E-state index in [0.717, 1.165) is 10.9 Å². The number of rotatable bonds is 6. The summed E-state index contributed by atoms with van der Waals surface area (Å²) in [6.45, 7) is 0. The van der Waals surface area contributed by atoms with Gasteiger partial charge in [0, 0.05) is 11.6 Å². The van der Waals surface area contributed by atoms with E-state index in [1.807, 2.05) is 18.4 Å². The lowest BCUT2D eigenvalue weighted by Crippen LogP contribution is -2.41. The van der Waals surface area contributed by atoms with E-state index in [9.17, 15) is 9.59 Å². The van der Waals surface area contributed by atoms with E-state index in [4.69, 9.17) is 5.11 Å². The van der Waals surface area contributed by atoms with E-state index in [1.165, 1.54) is 0 Å². The zero-order valence-corrected chi connectivity index (χ0v) is 11.9. The van der Waals surface area contributed by atoms with Crippen LogP contribution in [-0.4, -0.2) is 40.0 Å². The summed E-state index contributed by atoms with van der Waals surface area (Å²) in [4.78, 5) is 26.4. The Labute approximate surface area is 120 Å². The van der Waals surface area contributed by atoms with E-state index in [1.54, 1.807) is 30.1 Å². The number of carbonyl (C=O) groups excluding carboxylic acids is 1. The number of carboxylic acids is 1. The van der Waals surface area contributed by atoms with Crippen LogP contribution in [-0.2, 0) is 4.79 Å². The molecule has 1 amide bonds. The standard InChI is InChI=1S/C14H16N2O3S/c1-20-8-6-11(14(18)19)16-13(17)10-4-2-3-9-5-7-15-12(9)10/h2-5,7,11,15H,6,8H2,1H3,(H,16,17)(H,18,19)/t11-/m1/s1. The molecular formula is C14H16N2O3S. The summed E-state index contributed by atoms with van der Waals surface area (Å²) in [5.41, 5.74) is 1.18. The second-order valence-corrected chi connectivity index (χ2v) is 5.38. The Morgan fingerprint density at radius 1 is 1.40 bits per heavy atom. The number of carbonyl (C=O) groups is 2. The van der Waals surface area contributed by atoms with Gasteiger partial charge < -0.3 is 15.4 Å². The van der Waals surface area contributed by atoms with Crippen molar-refractivity contribution < 1.29 is 14.7 Å². The first-order valence-electron chi connectivity index (χ1n) is 6.22. The number of aromatic nitrogens is 1. The van der Waals surface area contributed by atoms with E-state index >= 15 is 0 Å². The molecule has 0 fully saturated rings. The molecule has 2 rings (SSSR count). The van der Waals surface area contributed by atoms with Crippen LogP contribution in [0.5, 0.6) is 0 Å². The second-order valence-electron chi connectivity index (χ2n) is 4.39. The number of fused-ring (bicyclic) bond motifs is 1. The molecule has 0 bridgehead atoms. The Kier molecular flexibility index (Phi) is 4.68. The van der Waals surface area contributed by atoms with Crippen LogP contribution in [0.4, 0.5) is 0 Å². The van der Waals surface area contributed by atoms with Crippen LogP contribution in [0.3, 0.4) is 0 Å². The Hall–Kier alpha value is -1.95. The summed E-state index contributed by atoms with van der Waals surface area (Å²) in [5.74, 6) is -0.693. The number of thioether (sulfide) groups is 1. The summed E-state index contributed by atoms with van der Waals surface area (Å²) in [7, 11) is 0. The van der Waals surface area contributed by atoms with Crippen LogP contribution in [0.25, 0.3) is 10.9 Å². The predicted octanol–water partition coefficient (Wildman–Crippen LogP) is 2.10. The lowest BCUT2D eigenvalue weighted by Gasteiger charge is -2.14. The third kappa shape index (κ3) is 3.14. The van der Waals surface area contributed by atoms with Gasteiger partial charge in [-0.05, 0) is 30.6 Å². The van der Waals surface area contributed by atoms with Crippen LogP contribution in [0.15, 0.2) is 30.5 Å². The maximum absolute atomic E-state index is 12.2. The van der Waals surface area contributed by atoms with Gasteiger partial charge in [0.05, 0.1) is 11.1 Å². The maximum Gasteiger partial charge on any atom is 0.326 e. The minimum absolute atomic E-state index is 0.369. The molecule has 0 aliphatic rings. The molecule has 0 aliphatic carbocycles. The molecule has 1 aromatic heterocycles. The van der Waals surface area contributed by atoms with Crippen molar-refractivity contribution in [2.75, 3.05) is 12.0 Å². The molecular weight excluding hydrogens is 276 g/mol. The van der Waals surface area contributed by atoms with Crippen molar-refractivity contribution in [1.29, 1.82) is 0 Å².